The summed E-state index contributed by atoms with van der Waals surface area (Å²) in [6.45, 7) is 5.03. The number of fused-ring (bicyclic) bond motifs is 3. The standard InChI is InChI=1S/C27H26FN5O3/c1-15-23(16(2)36-32-15)18-13-21-24(30-14-18)19-6-7-22(34-3)31-27(19)33(21)26(17-8-11-35-12-9-17)25-20(28)5-4-10-29-25/h4-7,10,13-14,17,26H,8-9,11-12H2,1-3H3. The van der Waals surface area contributed by atoms with Crippen LogP contribution in [0.15, 0.2) is 47.2 Å². The average molecular weight is 488 g/mol. The minimum atomic E-state index is -0.406. The summed E-state index contributed by atoms with van der Waals surface area (Å²) in [4.78, 5) is 14.2. The Morgan fingerprint density at radius 3 is 2.69 bits per heavy atom. The first-order valence-corrected chi connectivity index (χ1v) is 12.0. The smallest absolute Gasteiger partial charge is 0.214 e. The fraction of sp³-hybridized carbons (Fsp3) is 0.333. The minimum absolute atomic E-state index is 0.0951. The van der Waals surface area contributed by atoms with E-state index in [1.807, 2.05) is 32.2 Å². The second kappa shape index (κ2) is 8.98. The third kappa shape index (κ3) is 3.62. The molecular weight excluding hydrogens is 461 g/mol. The number of aryl methyl sites for hydroxylation is 2. The first kappa shape index (κ1) is 22.6. The summed E-state index contributed by atoms with van der Waals surface area (Å²) >= 11 is 0. The van der Waals surface area contributed by atoms with Crippen LogP contribution in [-0.2, 0) is 4.74 Å². The van der Waals surface area contributed by atoms with E-state index >= 15 is 4.39 Å². The normalized spacial score (nSPS) is 15.6. The molecule has 0 bridgehead atoms. The molecule has 1 fully saturated rings. The molecule has 0 radical (unpaired) electrons. The lowest BCUT2D eigenvalue weighted by molar-refractivity contribution is 0.0542. The molecule has 0 N–H and O–H groups in total. The molecule has 0 saturated carbocycles. The maximum absolute atomic E-state index is 15.4. The number of hydrogen-bond donors (Lipinski definition) is 0. The number of rotatable bonds is 5. The molecule has 0 aromatic carbocycles. The number of hydrogen-bond acceptors (Lipinski definition) is 7. The Labute approximate surface area is 207 Å². The lowest BCUT2D eigenvalue weighted by atomic mass is 9.88. The highest BCUT2D eigenvalue weighted by molar-refractivity contribution is 6.05. The summed E-state index contributed by atoms with van der Waals surface area (Å²) in [5.74, 6) is 0.942. The molecule has 0 amide bonds. The summed E-state index contributed by atoms with van der Waals surface area (Å²) < 4.78 is 34.0. The zero-order valence-corrected chi connectivity index (χ0v) is 20.4. The van der Waals surface area contributed by atoms with Crippen molar-refractivity contribution in [2.24, 2.45) is 5.92 Å². The molecule has 1 saturated heterocycles. The molecule has 1 unspecified atom stereocenters. The van der Waals surface area contributed by atoms with Crippen LogP contribution in [0, 0.1) is 25.6 Å². The molecular formula is C27H26FN5O3. The van der Waals surface area contributed by atoms with Crippen molar-refractivity contribution >= 4 is 22.1 Å². The highest BCUT2D eigenvalue weighted by Gasteiger charge is 2.33. The molecule has 0 aliphatic carbocycles. The number of aromatic nitrogens is 5. The molecule has 6 rings (SSSR count). The Hall–Kier alpha value is -3.85. The number of methoxy groups -OCH3 is 1. The van der Waals surface area contributed by atoms with Crippen molar-refractivity contribution in [3.63, 3.8) is 0 Å². The fourth-order valence-corrected chi connectivity index (χ4v) is 5.39. The van der Waals surface area contributed by atoms with Gasteiger partial charge in [-0.05, 0) is 56.9 Å². The van der Waals surface area contributed by atoms with E-state index in [1.54, 1.807) is 19.4 Å². The topological polar surface area (TPSA) is 88.1 Å². The van der Waals surface area contributed by atoms with Crippen molar-refractivity contribution in [3.8, 4) is 17.0 Å². The van der Waals surface area contributed by atoms with E-state index in [1.165, 1.54) is 6.07 Å². The van der Waals surface area contributed by atoms with E-state index in [0.29, 0.717) is 36.2 Å². The molecule has 1 atom stereocenters. The SMILES string of the molecule is COc1ccc2c3ncc(-c4c(C)noc4C)cc3n(C(c3ncccc3F)C3CCOCC3)c2n1. The summed E-state index contributed by atoms with van der Waals surface area (Å²) in [6, 6.07) is 8.51. The quantitative estimate of drug-likeness (QED) is 0.327. The molecule has 5 aromatic rings. The van der Waals surface area contributed by atoms with Crippen molar-refractivity contribution in [2.75, 3.05) is 20.3 Å². The van der Waals surface area contributed by atoms with Crippen LogP contribution >= 0.6 is 0 Å². The van der Waals surface area contributed by atoms with Crippen molar-refractivity contribution in [1.82, 2.24) is 24.7 Å². The monoisotopic (exact) mass is 487 g/mol. The van der Waals surface area contributed by atoms with Gasteiger partial charge in [-0.2, -0.15) is 4.98 Å². The van der Waals surface area contributed by atoms with Gasteiger partial charge in [-0.25, -0.2) is 4.39 Å². The molecule has 1 aliphatic rings. The van der Waals surface area contributed by atoms with Gasteiger partial charge in [-0.1, -0.05) is 5.16 Å². The molecule has 184 valence electrons. The van der Waals surface area contributed by atoms with Gasteiger partial charge >= 0.3 is 0 Å². The zero-order chi connectivity index (χ0) is 24.8. The van der Waals surface area contributed by atoms with Gasteiger partial charge in [0.1, 0.15) is 17.2 Å². The largest absolute Gasteiger partial charge is 0.481 e. The maximum Gasteiger partial charge on any atom is 0.214 e. The van der Waals surface area contributed by atoms with Gasteiger partial charge in [0.05, 0.1) is 35.6 Å². The Kier molecular flexibility index (Phi) is 5.64. The van der Waals surface area contributed by atoms with Gasteiger partial charge < -0.3 is 18.6 Å². The van der Waals surface area contributed by atoms with Crippen LogP contribution in [0.25, 0.3) is 33.2 Å². The van der Waals surface area contributed by atoms with E-state index < -0.39 is 6.04 Å². The van der Waals surface area contributed by atoms with Crippen LogP contribution < -0.4 is 4.74 Å². The first-order chi connectivity index (χ1) is 17.6. The molecule has 5 aromatic heterocycles. The van der Waals surface area contributed by atoms with Gasteiger partial charge in [-0.3, -0.25) is 9.97 Å². The second-order valence-corrected chi connectivity index (χ2v) is 9.15. The van der Waals surface area contributed by atoms with Crippen LogP contribution in [-0.4, -0.2) is 45.0 Å². The Bertz CT molecular complexity index is 1550. The van der Waals surface area contributed by atoms with Crippen LogP contribution in [0.5, 0.6) is 5.88 Å². The predicted octanol–water partition coefficient (Wildman–Crippen LogP) is 5.42. The Morgan fingerprint density at radius 1 is 1.14 bits per heavy atom. The van der Waals surface area contributed by atoms with Crippen molar-refractivity contribution in [2.45, 2.75) is 32.7 Å². The maximum atomic E-state index is 15.4. The number of ether oxygens (including phenoxy) is 2. The molecule has 36 heavy (non-hydrogen) atoms. The highest BCUT2D eigenvalue weighted by atomic mass is 19.1. The zero-order valence-electron chi connectivity index (χ0n) is 20.4. The number of pyridine rings is 3. The molecule has 1 aliphatic heterocycles. The summed E-state index contributed by atoms with van der Waals surface area (Å²) in [5.41, 5.74) is 5.24. The second-order valence-electron chi connectivity index (χ2n) is 9.15. The van der Waals surface area contributed by atoms with Crippen LogP contribution in [0.3, 0.4) is 0 Å². The molecule has 0 spiro atoms. The van der Waals surface area contributed by atoms with Gasteiger partial charge in [0.15, 0.2) is 0 Å². The first-order valence-electron chi connectivity index (χ1n) is 12.0. The minimum Gasteiger partial charge on any atom is -0.481 e. The lowest BCUT2D eigenvalue weighted by Gasteiger charge is -2.32. The van der Waals surface area contributed by atoms with E-state index in [-0.39, 0.29) is 11.7 Å². The van der Waals surface area contributed by atoms with Gasteiger partial charge in [-0.15, -0.1) is 0 Å². The van der Waals surface area contributed by atoms with Crippen molar-refractivity contribution in [3.05, 3.63) is 65.7 Å². The molecule has 6 heterocycles. The summed E-state index contributed by atoms with van der Waals surface area (Å²) in [5, 5.41) is 4.98. The average Bonchev–Trinajstić information content (AvgIpc) is 3.41. The van der Waals surface area contributed by atoms with E-state index in [4.69, 9.17) is 24.0 Å². The van der Waals surface area contributed by atoms with E-state index in [0.717, 1.165) is 46.1 Å². The lowest BCUT2D eigenvalue weighted by Crippen LogP contribution is -2.28. The van der Waals surface area contributed by atoms with E-state index in [9.17, 15) is 0 Å². The van der Waals surface area contributed by atoms with Crippen LogP contribution in [0.4, 0.5) is 4.39 Å². The third-order valence-electron chi connectivity index (χ3n) is 7.05. The summed E-state index contributed by atoms with van der Waals surface area (Å²) in [7, 11) is 1.59. The van der Waals surface area contributed by atoms with Gasteiger partial charge in [0, 0.05) is 48.2 Å². The van der Waals surface area contributed by atoms with Crippen LogP contribution in [0.1, 0.15) is 36.0 Å². The van der Waals surface area contributed by atoms with Gasteiger partial charge in [0.2, 0.25) is 5.88 Å². The Balaban J connectivity index is 1.69. The fourth-order valence-electron chi connectivity index (χ4n) is 5.39. The Morgan fingerprint density at radius 2 is 1.97 bits per heavy atom. The molecule has 9 heteroatoms. The van der Waals surface area contributed by atoms with Crippen LogP contribution in [0.2, 0.25) is 0 Å². The third-order valence-corrected chi connectivity index (χ3v) is 7.05. The van der Waals surface area contributed by atoms with Crippen molar-refractivity contribution in [1.29, 1.82) is 0 Å². The number of halogens is 1. The van der Waals surface area contributed by atoms with Crippen molar-refractivity contribution < 1.29 is 18.4 Å². The number of nitrogens with zero attached hydrogens (tertiary/aromatic N) is 5. The molecule has 8 nitrogen and oxygen atoms in total. The van der Waals surface area contributed by atoms with Gasteiger partial charge in [0.25, 0.3) is 0 Å². The highest BCUT2D eigenvalue weighted by Crippen LogP contribution is 2.41. The van der Waals surface area contributed by atoms with E-state index in [2.05, 4.69) is 20.8 Å². The summed E-state index contributed by atoms with van der Waals surface area (Å²) in [6.07, 6.45) is 5.03. The predicted molar refractivity (Wildman–Crippen MR) is 132 cm³/mol.